The number of hydrogen-bond donors (Lipinski definition) is 3. The fourth-order valence-corrected chi connectivity index (χ4v) is 2.36. The number of aliphatic hydroxyl groups excluding tert-OH is 1. The van der Waals surface area contributed by atoms with Crippen LogP contribution in [0.1, 0.15) is 19.4 Å². The molecule has 0 aliphatic carbocycles. The Labute approximate surface area is 146 Å². The summed E-state index contributed by atoms with van der Waals surface area (Å²) in [5.41, 5.74) is 6.30. The summed E-state index contributed by atoms with van der Waals surface area (Å²) in [6.07, 6.45) is -2.38. The van der Waals surface area contributed by atoms with Crippen LogP contribution in [0.5, 0.6) is 0 Å². The van der Waals surface area contributed by atoms with E-state index in [0.29, 0.717) is 18.7 Å². The Bertz CT molecular complexity index is 566. The molecule has 0 heterocycles. The van der Waals surface area contributed by atoms with Gasteiger partial charge in [-0.25, -0.2) is 0 Å². The van der Waals surface area contributed by atoms with Crippen molar-refractivity contribution >= 4 is 11.8 Å². The summed E-state index contributed by atoms with van der Waals surface area (Å²) in [6.45, 7) is 3.74. The number of nitrogens with two attached hydrogens (primary N) is 1. The van der Waals surface area contributed by atoms with Crippen LogP contribution >= 0.6 is 0 Å². The Hall–Kier alpha value is -2.06. The second-order valence-corrected chi connectivity index (χ2v) is 5.67. The largest absolute Gasteiger partial charge is 0.385 e. The molecule has 0 saturated carbocycles. The summed E-state index contributed by atoms with van der Waals surface area (Å²) in [5, 5.41) is 11.7. The van der Waals surface area contributed by atoms with Crippen LogP contribution in [-0.2, 0) is 16.0 Å². The molecule has 2 atom stereocenters. The van der Waals surface area contributed by atoms with Crippen molar-refractivity contribution in [3.8, 4) is 0 Å². The van der Waals surface area contributed by atoms with Gasteiger partial charge in [0, 0.05) is 19.1 Å². The Kier molecular flexibility index (Phi) is 7.92. The maximum absolute atomic E-state index is 14.1. The molecule has 8 heteroatoms. The first-order valence-electron chi connectivity index (χ1n) is 8.15. The minimum atomic E-state index is -4.10. The third-order valence-electron chi connectivity index (χ3n) is 3.91. The summed E-state index contributed by atoms with van der Waals surface area (Å²) in [4.78, 5) is 24.9. The number of rotatable bonds is 9. The highest BCUT2D eigenvalue weighted by atomic mass is 19.3. The van der Waals surface area contributed by atoms with Crippen molar-refractivity contribution in [2.24, 2.45) is 5.73 Å². The lowest BCUT2D eigenvalue weighted by Gasteiger charge is -2.27. The maximum atomic E-state index is 14.1. The zero-order valence-electron chi connectivity index (χ0n) is 14.4. The van der Waals surface area contributed by atoms with Crippen LogP contribution in [0.2, 0.25) is 0 Å². The van der Waals surface area contributed by atoms with Crippen LogP contribution in [0.4, 0.5) is 8.78 Å². The highest BCUT2D eigenvalue weighted by molar-refractivity contribution is 5.88. The first-order valence-corrected chi connectivity index (χ1v) is 8.15. The number of alkyl halides is 2. The number of nitrogens with one attached hydrogen (secondary N) is 1. The van der Waals surface area contributed by atoms with E-state index in [1.54, 1.807) is 44.2 Å². The average molecular weight is 357 g/mol. The molecule has 25 heavy (non-hydrogen) atoms. The standard InChI is InChI=1S/C17H25F2N3O3/c1-3-22(4-2)14(23)11-21-16(25)17(18,19)15(24)13(20)10-12-8-6-5-7-9-12/h5-9,13,15,24H,3-4,10-11,20H2,1-2H3,(H,21,25). The molecule has 140 valence electrons. The van der Waals surface area contributed by atoms with Crippen LogP contribution in [0.3, 0.4) is 0 Å². The summed E-state index contributed by atoms with van der Waals surface area (Å²) in [6, 6.07) is 7.25. The van der Waals surface area contributed by atoms with E-state index < -0.39 is 36.4 Å². The molecule has 1 aromatic carbocycles. The predicted octanol–water partition coefficient (Wildman–Crippen LogP) is 0.537. The van der Waals surface area contributed by atoms with Gasteiger partial charge in [0.2, 0.25) is 5.91 Å². The third kappa shape index (κ3) is 5.75. The number of likely N-dealkylation sites (N-methyl/N-ethyl adjacent to an activating group) is 1. The number of amides is 2. The Morgan fingerprint density at radius 3 is 2.32 bits per heavy atom. The van der Waals surface area contributed by atoms with E-state index in [2.05, 4.69) is 0 Å². The molecule has 2 amide bonds. The van der Waals surface area contributed by atoms with Gasteiger partial charge in [-0.3, -0.25) is 9.59 Å². The summed E-state index contributed by atoms with van der Waals surface area (Å²) in [7, 11) is 0. The first kappa shape index (κ1) is 21.0. The molecule has 0 fully saturated rings. The van der Waals surface area contributed by atoms with Gasteiger partial charge in [-0.05, 0) is 25.8 Å². The van der Waals surface area contributed by atoms with E-state index in [9.17, 15) is 23.5 Å². The van der Waals surface area contributed by atoms with Gasteiger partial charge in [-0.1, -0.05) is 30.3 Å². The molecule has 1 aromatic rings. The molecule has 6 nitrogen and oxygen atoms in total. The monoisotopic (exact) mass is 357 g/mol. The quantitative estimate of drug-likeness (QED) is 0.601. The van der Waals surface area contributed by atoms with Gasteiger partial charge in [0.1, 0.15) is 6.10 Å². The topological polar surface area (TPSA) is 95.7 Å². The minimum Gasteiger partial charge on any atom is -0.385 e. The van der Waals surface area contributed by atoms with Gasteiger partial charge in [0.15, 0.2) is 0 Å². The van der Waals surface area contributed by atoms with Crippen molar-refractivity contribution in [1.29, 1.82) is 0 Å². The molecule has 0 saturated heterocycles. The van der Waals surface area contributed by atoms with Crippen molar-refractivity contribution in [1.82, 2.24) is 10.2 Å². The Morgan fingerprint density at radius 1 is 1.24 bits per heavy atom. The fourth-order valence-electron chi connectivity index (χ4n) is 2.36. The zero-order chi connectivity index (χ0) is 19.0. The van der Waals surface area contributed by atoms with Crippen molar-refractivity contribution in [3.05, 3.63) is 35.9 Å². The number of carbonyl (C=O) groups is 2. The molecule has 0 bridgehead atoms. The van der Waals surface area contributed by atoms with Crippen molar-refractivity contribution < 1.29 is 23.5 Å². The Balaban J connectivity index is 2.64. The van der Waals surface area contributed by atoms with Gasteiger partial charge in [-0.2, -0.15) is 8.78 Å². The SMILES string of the molecule is CCN(CC)C(=O)CNC(=O)C(F)(F)C(O)C(N)Cc1ccccc1. The molecule has 1 rings (SSSR count). The predicted molar refractivity (Wildman–Crippen MR) is 90.0 cm³/mol. The number of carbonyl (C=O) groups excluding carboxylic acids is 2. The van der Waals surface area contributed by atoms with E-state index in [0.717, 1.165) is 0 Å². The van der Waals surface area contributed by atoms with E-state index in [1.165, 1.54) is 4.90 Å². The third-order valence-corrected chi connectivity index (χ3v) is 3.91. The molecule has 0 radical (unpaired) electrons. The van der Waals surface area contributed by atoms with Crippen molar-refractivity contribution in [3.63, 3.8) is 0 Å². The van der Waals surface area contributed by atoms with E-state index in [1.807, 2.05) is 5.32 Å². The molecule has 0 aliphatic rings. The van der Waals surface area contributed by atoms with E-state index >= 15 is 0 Å². The highest BCUT2D eigenvalue weighted by Gasteiger charge is 2.49. The fraction of sp³-hybridized carbons (Fsp3) is 0.529. The summed E-state index contributed by atoms with van der Waals surface area (Å²) in [5.74, 6) is -6.29. The van der Waals surface area contributed by atoms with Crippen LogP contribution in [0.25, 0.3) is 0 Å². The van der Waals surface area contributed by atoms with Crippen LogP contribution in [-0.4, -0.2) is 59.5 Å². The number of benzene rings is 1. The average Bonchev–Trinajstić information content (AvgIpc) is 2.60. The Morgan fingerprint density at radius 2 is 1.80 bits per heavy atom. The molecule has 0 spiro atoms. The van der Waals surface area contributed by atoms with Crippen LogP contribution in [0.15, 0.2) is 30.3 Å². The number of aliphatic hydroxyl groups is 1. The molecule has 0 aromatic heterocycles. The van der Waals surface area contributed by atoms with Gasteiger partial charge in [0.05, 0.1) is 6.54 Å². The van der Waals surface area contributed by atoms with Gasteiger partial charge >= 0.3 is 5.92 Å². The molecular weight excluding hydrogens is 332 g/mol. The second-order valence-electron chi connectivity index (χ2n) is 5.67. The van der Waals surface area contributed by atoms with E-state index in [4.69, 9.17) is 5.73 Å². The van der Waals surface area contributed by atoms with Crippen LogP contribution < -0.4 is 11.1 Å². The lowest BCUT2D eigenvalue weighted by Crippen LogP contribution is -2.57. The zero-order valence-corrected chi connectivity index (χ0v) is 14.4. The van der Waals surface area contributed by atoms with Crippen LogP contribution in [0, 0.1) is 0 Å². The highest BCUT2D eigenvalue weighted by Crippen LogP contribution is 2.22. The molecule has 4 N–H and O–H groups in total. The van der Waals surface area contributed by atoms with Gasteiger partial charge in [-0.15, -0.1) is 0 Å². The van der Waals surface area contributed by atoms with Gasteiger partial charge < -0.3 is 21.1 Å². The van der Waals surface area contributed by atoms with Crippen molar-refractivity contribution in [2.75, 3.05) is 19.6 Å². The lowest BCUT2D eigenvalue weighted by atomic mass is 9.97. The number of halogens is 2. The second kappa shape index (κ2) is 9.43. The smallest absolute Gasteiger partial charge is 0.351 e. The normalized spacial score (nSPS) is 13.8. The maximum Gasteiger partial charge on any atom is 0.351 e. The van der Waals surface area contributed by atoms with Gasteiger partial charge in [0.25, 0.3) is 5.91 Å². The summed E-state index contributed by atoms with van der Waals surface area (Å²) < 4.78 is 28.2. The van der Waals surface area contributed by atoms with E-state index in [-0.39, 0.29) is 6.42 Å². The molecular formula is C17H25F2N3O3. The first-order chi connectivity index (χ1) is 11.7. The molecule has 0 aliphatic heterocycles. The number of hydrogen-bond acceptors (Lipinski definition) is 4. The molecule has 2 unspecified atom stereocenters. The van der Waals surface area contributed by atoms with Crippen molar-refractivity contribution in [2.45, 2.75) is 38.3 Å². The number of nitrogens with zero attached hydrogens (tertiary/aromatic N) is 1. The summed E-state index contributed by atoms with van der Waals surface area (Å²) >= 11 is 0. The minimum absolute atomic E-state index is 0.0107. The lowest BCUT2D eigenvalue weighted by molar-refractivity contribution is -0.166.